The van der Waals surface area contributed by atoms with Crippen molar-refractivity contribution >= 4 is 5.97 Å². The summed E-state index contributed by atoms with van der Waals surface area (Å²) in [5, 5.41) is 9.71. The molecule has 0 fully saturated rings. The summed E-state index contributed by atoms with van der Waals surface area (Å²) in [7, 11) is 1.26. The SMILES string of the molecule is CCOc1ccc(C(C)C(O)C(=O)OC)cc1. The number of ether oxygens (including phenoxy) is 2. The van der Waals surface area contributed by atoms with Gasteiger partial charge < -0.3 is 14.6 Å². The number of hydrogen-bond donors (Lipinski definition) is 1. The van der Waals surface area contributed by atoms with Crippen LogP contribution in [0.4, 0.5) is 0 Å². The molecule has 0 spiro atoms. The lowest BCUT2D eigenvalue weighted by atomic mass is 9.95. The Morgan fingerprint density at radius 2 is 1.94 bits per heavy atom. The molecule has 0 saturated heterocycles. The van der Waals surface area contributed by atoms with E-state index in [0.29, 0.717) is 6.61 Å². The fourth-order valence-electron chi connectivity index (χ4n) is 1.54. The Labute approximate surface area is 101 Å². The van der Waals surface area contributed by atoms with E-state index in [1.54, 1.807) is 6.92 Å². The molecule has 0 aliphatic carbocycles. The average molecular weight is 238 g/mol. The Morgan fingerprint density at radius 1 is 1.35 bits per heavy atom. The number of hydrogen-bond acceptors (Lipinski definition) is 4. The van der Waals surface area contributed by atoms with Crippen LogP contribution >= 0.6 is 0 Å². The third-order valence-corrected chi connectivity index (χ3v) is 2.63. The number of benzene rings is 1. The van der Waals surface area contributed by atoms with Crippen molar-refractivity contribution in [3.63, 3.8) is 0 Å². The topological polar surface area (TPSA) is 55.8 Å². The first kappa shape index (κ1) is 13.5. The maximum Gasteiger partial charge on any atom is 0.335 e. The summed E-state index contributed by atoms with van der Waals surface area (Å²) in [6, 6.07) is 7.31. The minimum atomic E-state index is -1.14. The summed E-state index contributed by atoms with van der Waals surface area (Å²) in [5.41, 5.74) is 0.867. The third kappa shape index (κ3) is 3.46. The molecule has 2 atom stereocenters. The molecule has 0 aliphatic heterocycles. The summed E-state index contributed by atoms with van der Waals surface area (Å²) in [4.78, 5) is 11.2. The summed E-state index contributed by atoms with van der Waals surface area (Å²) in [6.45, 7) is 4.30. The Morgan fingerprint density at radius 3 is 2.41 bits per heavy atom. The zero-order valence-corrected chi connectivity index (χ0v) is 10.3. The van der Waals surface area contributed by atoms with Crippen molar-refractivity contribution in [3.05, 3.63) is 29.8 Å². The molecule has 1 aromatic carbocycles. The maximum absolute atomic E-state index is 11.2. The molecule has 1 rings (SSSR count). The van der Waals surface area contributed by atoms with E-state index in [9.17, 15) is 9.90 Å². The van der Waals surface area contributed by atoms with E-state index in [2.05, 4.69) is 4.74 Å². The van der Waals surface area contributed by atoms with Gasteiger partial charge in [-0.3, -0.25) is 0 Å². The van der Waals surface area contributed by atoms with Gasteiger partial charge in [-0.25, -0.2) is 4.79 Å². The summed E-state index contributed by atoms with van der Waals surface area (Å²) < 4.78 is 9.82. The van der Waals surface area contributed by atoms with Crippen LogP contribution in [0.25, 0.3) is 0 Å². The van der Waals surface area contributed by atoms with Gasteiger partial charge in [0.15, 0.2) is 6.10 Å². The van der Waals surface area contributed by atoms with E-state index < -0.39 is 12.1 Å². The molecule has 4 heteroatoms. The predicted octanol–water partition coefficient (Wildman–Crippen LogP) is 1.72. The van der Waals surface area contributed by atoms with Crippen LogP contribution in [0.2, 0.25) is 0 Å². The number of aliphatic hydroxyl groups excluding tert-OH is 1. The average Bonchev–Trinajstić information content (AvgIpc) is 2.37. The minimum absolute atomic E-state index is 0.307. The number of rotatable bonds is 5. The molecule has 4 nitrogen and oxygen atoms in total. The van der Waals surface area contributed by atoms with Crippen molar-refractivity contribution in [2.45, 2.75) is 25.9 Å². The first-order valence-electron chi connectivity index (χ1n) is 5.58. The second-order valence-electron chi connectivity index (χ2n) is 3.76. The normalized spacial score (nSPS) is 13.9. The molecule has 0 heterocycles. The second kappa shape index (κ2) is 6.25. The van der Waals surface area contributed by atoms with Crippen molar-refractivity contribution in [2.75, 3.05) is 13.7 Å². The van der Waals surface area contributed by atoms with Crippen molar-refractivity contribution in [2.24, 2.45) is 0 Å². The van der Waals surface area contributed by atoms with E-state index in [-0.39, 0.29) is 5.92 Å². The summed E-state index contributed by atoms with van der Waals surface area (Å²) in [5.74, 6) is -0.152. The van der Waals surface area contributed by atoms with Gasteiger partial charge in [0.1, 0.15) is 5.75 Å². The molecule has 17 heavy (non-hydrogen) atoms. The molecule has 0 bridgehead atoms. The highest BCUT2D eigenvalue weighted by molar-refractivity contribution is 5.75. The van der Waals surface area contributed by atoms with Gasteiger partial charge in [0.25, 0.3) is 0 Å². The van der Waals surface area contributed by atoms with Crippen LogP contribution < -0.4 is 4.74 Å². The Hall–Kier alpha value is -1.55. The lowest BCUT2D eigenvalue weighted by molar-refractivity contribution is -0.151. The maximum atomic E-state index is 11.2. The smallest absolute Gasteiger partial charge is 0.335 e. The highest BCUT2D eigenvalue weighted by Crippen LogP contribution is 2.22. The van der Waals surface area contributed by atoms with Gasteiger partial charge in [0, 0.05) is 5.92 Å². The fraction of sp³-hybridized carbons (Fsp3) is 0.462. The molecule has 0 radical (unpaired) electrons. The van der Waals surface area contributed by atoms with Gasteiger partial charge in [0.2, 0.25) is 0 Å². The lowest BCUT2D eigenvalue weighted by Crippen LogP contribution is -2.27. The highest BCUT2D eigenvalue weighted by Gasteiger charge is 2.24. The number of esters is 1. The third-order valence-electron chi connectivity index (χ3n) is 2.63. The van der Waals surface area contributed by atoms with Crippen LogP contribution in [-0.2, 0) is 9.53 Å². The zero-order chi connectivity index (χ0) is 12.8. The van der Waals surface area contributed by atoms with E-state index in [1.807, 2.05) is 31.2 Å². The van der Waals surface area contributed by atoms with Crippen molar-refractivity contribution in [1.82, 2.24) is 0 Å². The van der Waals surface area contributed by atoms with E-state index >= 15 is 0 Å². The molecule has 0 aromatic heterocycles. The minimum Gasteiger partial charge on any atom is -0.494 e. The highest BCUT2D eigenvalue weighted by atomic mass is 16.5. The Bertz CT molecular complexity index is 358. The Balaban J connectivity index is 2.75. The number of methoxy groups -OCH3 is 1. The number of carbonyl (C=O) groups excluding carboxylic acids is 1. The molecular weight excluding hydrogens is 220 g/mol. The largest absolute Gasteiger partial charge is 0.494 e. The van der Waals surface area contributed by atoms with Crippen LogP contribution in [0.5, 0.6) is 5.75 Å². The molecule has 2 unspecified atom stereocenters. The molecule has 0 amide bonds. The molecular formula is C13H18O4. The molecule has 1 N–H and O–H groups in total. The van der Waals surface area contributed by atoms with Crippen molar-refractivity contribution < 1.29 is 19.4 Å². The van der Waals surface area contributed by atoms with Crippen LogP contribution in [0, 0.1) is 0 Å². The van der Waals surface area contributed by atoms with E-state index in [1.165, 1.54) is 7.11 Å². The lowest BCUT2D eigenvalue weighted by Gasteiger charge is -2.17. The molecule has 0 aliphatic rings. The monoisotopic (exact) mass is 238 g/mol. The van der Waals surface area contributed by atoms with E-state index in [0.717, 1.165) is 11.3 Å². The van der Waals surface area contributed by atoms with E-state index in [4.69, 9.17) is 4.74 Å². The first-order valence-corrected chi connectivity index (χ1v) is 5.58. The standard InChI is InChI=1S/C13H18O4/c1-4-17-11-7-5-10(6-8-11)9(2)12(14)13(15)16-3/h5-9,12,14H,4H2,1-3H3. The van der Waals surface area contributed by atoms with Crippen LogP contribution in [0.3, 0.4) is 0 Å². The van der Waals surface area contributed by atoms with Gasteiger partial charge >= 0.3 is 5.97 Å². The Kier molecular flexibility index (Phi) is 4.97. The summed E-state index contributed by atoms with van der Waals surface area (Å²) >= 11 is 0. The van der Waals surface area contributed by atoms with Gasteiger partial charge in [-0.15, -0.1) is 0 Å². The quantitative estimate of drug-likeness (QED) is 0.794. The van der Waals surface area contributed by atoms with Crippen LogP contribution in [-0.4, -0.2) is 30.9 Å². The second-order valence-corrected chi connectivity index (χ2v) is 3.76. The van der Waals surface area contributed by atoms with Crippen molar-refractivity contribution in [1.29, 1.82) is 0 Å². The predicted molar refractivity (Wildman–Crippen MR) is 64.0 cm³/mol. The molecule has 0 saturated carbocycles. The van der Waals surface area contributed by atoms with Gasteiger partial charge in [-0.2, -0.15) is 0 Å². The van der Waals surface area contributed by atoms with Crippen molar-refractivity contribution in [3.8, 4) is 5.75 Å². The summed E-state index contributed by atoms with van der Waals surface area (Å²) in [6.07, 6.45) is -1.14. The number of carbonyl (C=O) groups is 1. The zero-order valence-electron chi connectivity index (χ0n) is 10.3. The van der Waals surface area contributed by atoms with Gasteiger partial charge in [-0.1, -0.05) is 19.1 Å². The van der Waals surface area contributed by atoms with Crippen LogP contribution in [0.15, 0.2) is 24.3 Å². The number of aliphatic hydroxyl groups is 1. The van der Waals surface area contributed by atoms with Crippen LogP contribution in [0.1, 0.15) is 25.3 Å². The van der Waals surface area contributed by atoms with Gasteiger partial charge in [-0.05, 0) is 24.6 Å². The first-order chi connectivity index (χ1) is 8.10. The fourth-order valence-corrected chi connectivity index (χ4v) is 1.54. The van der Waals surface area contributed by atoms with Gasteiger partial charge in [0.05, 0.1) is 13.7 Å². The molecule has 94 valence electrons. The molecule has 1 aromatic rings.